The summed E-state index contributed by atoms with van der Waals surface area (Å²) in [5.74, 6) is 0.225. The second-order valence-electron chi connectivity index (χ2n) is 6.93. The largest absolute Gasteiger partial charge is 0.353 e. The number of amides is 1. The molecule has 0 spiro atoms. The first-order chi connectivity index (χ1) is 10.6. The third-order valence-corrected chi connectivity index (χ3v) is 5.02. The van der Waals surface area contributed by atoms with Crippen LogP contribution in [-0.2, 0) is 4.79 Å². The highest BCUT2D eigenvalue weighted by atomic mass is 16.1. The van der Waals surface area contributed by atoms with E-state index < -0.39 is 0 Å². The Bertz CT molecular complexity index is 301. The zero-order valence-corrected chi connectivity index (χ0v) is 15.2. The van der Waals surface area contributed by atoms with E-state index in [9.17, 15) is 4.79 Å². The van der Waals surface area contributed by atoms with Crippen molar-refractivity contribution in [3.05, 3.63) is 0 Å². The summed E-state index contributed by atoms with van der Waals surface area (Å²) in [6.45, 7) is 7.62. The molecule has 1 aliphatic rings. The van der Waals surface area contributed by atoms with E-state index in [4.69, 9.17) is 0 Å². The Morgan fingerprint density at radius 2 is 1.95 bits per heavy atom. The third kappa shape index (κ3) is 7.59. The van der Waals surface area contributed by atoms with Crippen molar-refractivity contribution in [2.24, 2.45) is 0 Å². The van der Waals surface area contributed by atoms with E-state index in [2.05, 4.69) is 43.1 Å². The van der Waals surface area contributed by atoms with Crippen molar-refractivity contribution in [1.82, 2.24) is 15.1 Å². The molecule has 1 atom stereocenters. The van der Waals surface area contributed by atoms with E-state index >= 15 is 0 Å². The first kappa shape index (κ1) is 19.4. The first-order valence-corrected chi connectivity index (χ1v) is 9.24. The molecule has 4 nitrogen and oxygen atoms in total. The predicted molar refractivity (Wildman–Crippen MR) is 94.1 cm³/mol. The topological polar surface area (TPSA) is 35.6 Å². The van der Waals surface area contributed by atoms with E-state index in [0.717, 1.165) is 19.4 Å². The highest BCUT2D eigenvalue weighted by Crippen LogP contribution is 2.14. The number of rotatable bonds is 10. The Morgan fingerprint density at radius 1 is 1.27 bits per heavy atom. The lowest BCUT2D eigenvalue weighted by Gasteiger charge is -2.35. The lowest BCUT2D eigenvalue weighted by atomic mass is 10.0. The van der Waals surface area contributed by atoms with Crippen molar-refractivity contribution < 1.29 is 4.79 Å². The van der Waals surface area contributed by atoms with Gasteiger partial charge in [0.1, 0.15) is 0 Å². The van der Waals surface area contributed by atoms with Crippen LogP contribution >= 0.6 is 0 Å². The third-order valence-electron chi connectivity index (χ3n) is 5.02. The van der Waals surface area contributed by atoms with Gasteiger partial charge in [-0.1, -0.05) is 33.1 Å². The van der Waals surface area contributed by atoms with Crippen LogP contribution in [0.5, 0.6) is 0 Å². The summed E-state index contributed by atoms with van der Waals surface area (Å²) in [4.78, 5) is 16.9. The molecule has 4 heteroatoms. The van der Waals surface area contributed by atoms with Crippen LogP contribution in [0.15, 0.2) is 0 Å². The van der Waals surface area contributed by atoms with Crippen LogP contribution in [-0.4, -0.2) is 61.5 Å². The second-order valence-corrected chi connectivity index (χ2v) is 6.93. The number of nitrogens with zero attached hydrogens (tertiary/aromatic N) is 2. The van der Waals surface area contributed by atoms with E-state index in [1.807, 2.05) is 0 Å². The van der Waals surface area contributed by atoms with Gasteiger partial charge in [0, 0.05) is 25.0 Å². The number of carbonyl (C=O) groups excluding carboxylic acids is 1. The number of carbonyl (C=O) groups is 1. The minimum Gasteiger partial charge on any atom is -0.353 e. The Morgan fingerprint density at radius 3 is 2.55 bits per heavy atom. The number of hydrogen-bond acceptors (Lipinski definition) is 3. The zero-order valence-electron chi connectivity index (χ0n) is 15.2. The van der Waals surface area contributed by atoms with Gasteiger partial charge >= 0.3 is 0 Å². The molecule has 1 amide bonds. The molecular formula is C18H37N3O. The summed E-state index contributed by atoms with van der Waals surface area (Å²) in [6.07, 6.45) is 8.99. The molecule has 0 radical (unpaired) electrons. The molecule has 0 aromatic heterocycles. The maximum atomic E-state index is 12.1. The van der Waals surface area contributed by atoms with Crippen LogP contribution in [0.2, 0.25) is 0 Å². The molecule has 0 bridgehead atoms. The normalized spacial score (nSPS) is 18.6. The van der Waals surface area contributed by atoms with Gasteiger partial charge in [0.15, 0.2) is 0 Å². The monoisotopic (exact) mass is 311 g/mol. The van der Waals surface area contributed by atoms with Gasteiger partial charge in [-0.3, -0.25) is 4.79 Å². The summed E-state index contributed by atoms with van der Waals surface area (Å²) < 4.78 is 0. The van der Waals surface area contributed by atoms with Crippen LogP contribution < -0.4 is 5.32 Å². The molecule has 0 aromatic rings. The molecule has 1 fully saturated rings. The van der Waals surface area contributed by atoms with E-state index in [1.54, 1.807) is 0 Å². The van der Waals surface area contributed by atoms with E-state index in [-0.39, 0.29) is 5.91 Å². The second kappa shape index (κ2) is 11.0. The van der Waals surface area contributed by atoms with Crippen LogP contribution in [0.4, 0.5) is 0 Å². The molecule has 1 rings (SSSR count). The standard InChI is InChI=1S/C18H37N3O/c1-5-7-8-9-16(6-2)19-18(22)12-15-21(4)17-10-13-20(3)14-11-17/h16-17H,5-15H2,1-4H3,(H,19,22). The minimum atomic E-state index is 0.225. The lowest BCUT2D eigenvalue weighted by Crippen LogP contribution is -2.43. The highest BCUT2D eigenvalue weighted by molar-refractivity contribution is 5.76. The Balaban J connectivity index is 2.20. The molecule has 130 valence electrons. The SMILES string of the molecule is CCCCCC(CC)NC(=O)CCN(C)C1CCN(C)CC1. The Labute approximate surface area is 137 Å². The van der Waals surface area contributed by atoms with Gasteiger partial charge in [0.05, 0.1) is 0 Å². The number of piperidine rings is 1. The van der Waals surface area contributed by atoms with Crippen LogP contribution in [0, 0.1) is 0 Å². The first-order valence-electron chi connectivity index (χ1n) is 9.24. The van der Waals surface area contributed by atoms with Gasteiger partial charge in [-0.05, 0) is 52.9 Å². The number of nitrogens with one attached hydrogen (secondary N) is 1. The van der Waals surface area contributed by atoms with Gasteiger partial charge in [-0.25, -0.2) is 0 Å². The van der Waals surface area contributed by atoms with E-state index in [1.165, 1.54) is 45.2 Å². The van der Waals surface area contributed by atoms with Gasteiger partial charge in [-0.15, -0.1) is 0 Å². The molecule has 1 aliphatic heterocycles. The van der Waals surface area contributed by atoms with Crippen molar-refractivity contribution >= 4 is 5.91 Å². The molecule has 0 aliphatic carbocycles. The fourth-order valence-electron chi connectivity index (χ4n) is 3.22. The zero-order chi connectivity index (χ0) is 16.4. The molecule has 1 saturated heterocycles. The van der Waals surface area contributed by atoms with Crippen molar-refractivity contribution in [2.45, 2.75) is 77.3 Å². The summed E-state index contributed by atoms with van der Waals surface area (Å²) >= 11 is 0. The molecule has 0 aromatic carbocycles. The average Bonchev–Trinajstić information content (AvgIpc) is 2.52. The molecular weight excluding hydrogens is 274 g/mol. The van der Waals surface area contributed by atoms with Crippen molar-refractivity contribution in [1.29, 1.82) is 0 Å². The van der Waals surface area contributed by atoms with Crippen LogP contribution in [0.25, 0.3) is 0 Å². The molecule has 22 heavy (non-hydrogen) atoms. The highest BCUT2D eigenvalue weighted by Gasteiger charge is 2.21. The van der Waals surface area contributed by atoms with Gasteiger partial charge in [-0.2, -0.15) is 0 Å². The Hall–Kier alpha value is -0.610. The van der Waals surface area contributed by atoms with Crippen molar-refractivity contribution in [3.63, 3.8) is 0 Å². The fourth-order valence-corrected chi connectivity index (χ4v) is 3.22. The number of hydrogen-bond donors (Lipinski definition) is 1. The predicted octanol–water partition coefficient (Wildman–Crippen LogP) is 2.88. The lowest BCUT2D eigenvalue weighted by molar-refractivity contribution is -0.122. The maximum Gasteiger partial charge on any atom is 0.221 e. The van der Waals surface area contributed by atoms with Gasteiger partial charge < -0.3 is 15.1 Å². The average molecular weight is 312 g/mol. The number of likely N-dealkylation sites (tertiary alicyclic amines) is 1. The van der Waals surface area contributed by atoms with Crippen LogP contribution in [0.1, 0.15) is 65.2 Å². The smallest absolute Gasteiger partial charge is 0.221 e. The summed E-state index contributed by atoms with van der Waals surface area (Å²) in [5.41, 5.74) is 0. The molecule has 1 heterocycles. The van der Waals surface area contributed by atoms with Crippen molar-refractivity contribution in [2.75, 3.05) is 33.7 Å². The summed E-state index contributed by atoms with van der Waals surface area (Å²) in [5, 5.41) is 3.22. The van der Waals surface area contributed by atoms with Crippen LogP contribution in [0.3, 0.4) is 0 Å². The summed E-state index contributed by atoms with van der Waals surface area (Å²) in [6, 6.07) is 1.02. The molecule has 1 N–H and O–H groups in total. The van der Waals surface area contributed by atoms with E-state index in [0.29, 0.717) is 18.5 Å². The molecule has 0 saturated carbocycles. The quantitative estimate of drug-likeness (QED) is 0.630. The Kier molecular flexibility index (Phi) is 9.73. The maximum absolute atomic E-state index is 12.1. The summed E-state index contributed by atoms with van der Waals surface area (Å²) in [7, 11) is 4.36. The van der Waals surface area contributed by atoms with Crippen molar-refractivity contribution in [3.8, 4) is 0 Å². The number of unbranched alkanes of at least 4 members (excludes halogenated alkanes) is 2. The fraction of sp³-hybridized carbons (Fsp3) is 0.944. The van der Waals surface area contributed by atoms with Gasteiger partial charge in [0.25, 0.3) is 0 Å². The minimum absolute atomic E-state index is 0.225. The molecule has 1 unspecified atom stereocenters. The van der Waals surface area contributed by atoms with Gasteiger partial charge in [0.2, 0.25) is 5.91 Å².